The lowest BCUT2D eigenvalue weighted by Gasteiger charge is -2.20. The average Bonchev–Trinajstić information content (AvgIpc) is 2.46. The van der Waals surface area contributed by atoms with Crippen LogP contribution in [0.2, 0.25) is 0 Å². The number of hydrogen-bond donors (Lipinski definition) is 2. The number of anilines is 2. The molecule has 0 radical (unpaired) electrons. The van der Waals surface area contributed by atoms with Gasteiger partial charge in [-0.3, -0.25) is 0 Å². The summed E-state index contributed by atoms with van der Waals surface area (Å²) < 4.78 is 11.1. The van der Waals surface area contributed by atoms with Gasteiger partial charge < -0.3 is 20.5 Å². The molecule has 4 nitrogen and oxygen atoms in total. The molecular formula is C16H18N2O2. The predicted molar refractivity (Wildman–Crippen MR) is 80.4 cm³/mol. The lowest BCUT2D eigenvalue weighted by molar-refractivity contribution is 0.172. The Bertz CT molecular complexity index is 626. The molecule has 104 valence electrons. The number of nitrogens with two attached hydrogens (primary N) is 1. The second-order valence-corrected chi connectivity index (χ2v) is 4.86. The highest BCUT2D eigenvalue weighted by Gasteiger charge is 2.14. The Hall–Kier alpha value is -2.36. The van der Waals surface area contributed by atoms with Gasteiger partial charge in [0, 0.05) is 18.7 Å². The second-order valence-electron chi connectivity index (χ2n) is 4.86. The van der Waals surface area contributed by atoms with Crippen molar-refractivity contribution in [1.29, 1.82) is 0 Å². The quantitative estimate of drug-likeness (QED) is 0.842. The molecule has 4 heteroatoms. The van der Waals surface area contributed by atoms with Gasteiger partial charge in [-0.05, 0) is 18.1 Å². The van der Waals surface area contributed by atoms with Crippen molar-refractivity contribution in [1.82, 2.24) is 0 Å². The molecule has 0 saturated carbocycles. The molecule has 0 saturated heterocycles. The largest absolute Gasteiger partial charge is 0.486 e. The Morgan fingerprint density at radius 2 is 1.80 bits per heavy atom. The lowest BCUT2D eigenvalue weighted by Crippen LogP contribution is -2.16. The Kier molecular flexibility index (Phi) is 3.37. The topological polar surface area (TPSA) is 56.5 Å². The highest BCUT2D eigenvalue weighted by Crippen LogP contribution is 2.37. The van der Waals surface area contributed by atoms with Crippen molar-refractivity contribution in [3.8, 4) is 11.5 Å². The van der Waals surface area contributed by atoms with Crippen LogP contribution in [0.1, 0.15) is 11.1 Å². The number of aryl methyl sites for hydroxylation is 1. The number of rotatable bonds is 3. The van der Waals surface area contributed by atoms with E-state index in [4.69, 9.17) is 15.2 Å². The fourth-order valence-electron chi connectivity index (χ4n) is 2.26. The lowest BCUT2D eigenvalue weighted by atomic mass is 10.1. The van der Waals surface area contributed by atoms with Crippen LogP contribution in [0.5, 0.6) is 11.5 Å². The second kappa shape index (κ2) is 5.33. The molecule has 2 aromatic rings. The van der Waals surface area contributed by atoms with Gasteiger partial charge in [-0.15, -0.1) is 0 Å². The predicted octanol–water partition coefficient (Wildman–Crippen LogP) is 2.96. The molecule has 1 heterocycles. The number of nitrogen functional groups attached to an aromatic ring is 1. The molecule has 1 aliphatic heterocycles. The van der Waals surface area contributed by atoms with Crippen molar-refractivity contribution in [2.24, 2.45) is 0 Å². The van der Waals surface area contributed by atoms with E-state index in [2.05, 4.69) is 24.4 Å². The molecule has 0 bridgehead atoms. The van der Waals surface area contributed by atoms with E-state index in [9.17, 15) is 0 Å². The number of benzene rings is 2. The summed E-state index contributed by atoms with van der Waals surface area (Å²) in [5.41, 5.74) is 10.1. The van der Waals surface area contributed by atoms with Crippen LogP contribution in [-0.2, 0) is 6.54 Å². The Morgan fingerprint density at radius 3 is 2.55 bits per heavy atom. The summed E-state index contributed by atoms with van der Waals surface area (Å²) in [6.07, 6.45) is 0. The maximum atomic E-state index is 6.05. The first-order chi connectivity index (χ1) is 9.74. The average molecular weight is 270 g/mol. The third kappa shape index (κ3) is 2.50. The van der Waals surface area contributed by atoms with E-state index < -0.39 is 0 Å². The van der Waals surface area contributed by atoms with E-state index in [0.29, 0.717) is 18.9 Å². The molecule has 3 N–H and O–H groups in total. The minimum Gasteiger partial charge on any atom is -0.486 e. The maximum absolute atomic E-state index is 6.05. The number of hydrogen-bond acceptors (Lipinski definition) is 4. The number of nitrogens with one attached hydrogen (secondary N) is 1. The van der Waals surface area contributed by atoms with Crippen LogP contribution < -0.4 is 20.5 Å². The summed E-state index contributed by atoms with van der Waals surface area (Å²) in [5, 5.41) is 3.36. The fraction of sp³-hybridized carbons (Fsp3) is 0.250. The third-order valence-corrected chi connectivity index (χ3v) is 3.44. The first kappa shape index (κ1) is 12.7. The van der Waals surface area contributed by atoms with Crippen molar-refractivity contribution in [3.63, 3.8) is 0 Å². The van der Waals surface area contributed by atoms with Crippen LogP contribution in [0.15, 0.2) is 36.4 Å². The molecule has 2 aromatic carbocycles. The molecule has 3 rings (SSSR count). The fourth-order valence-corrected chi connectivity index (χ4v) is 2.26. The van der Waals surface area contributed by atoms with Gasteiger partial charge in [0.2, 0.25) is 0 Å². The molecule has 0 aliphatic carbocycles. The van der Waals surface area contributed by atoms with Crippen molar-refractivity contribution in [3.05, 3.63) is 47.5 Å². The van der Waals surface area contributed by atoms with Crippen molar-refractivity contribution in [2.45, 2.75) is 13.5 Å². The van der Waals surface area contributed by atoms with Gasteiger partial charge >= 0.3 is 0 Å². The SMILES string of the molecule is Cc1ccccc1CNc1cc2c(cc1N)OCCO2. The van der Waals surface area contributed by atoms with E-state index in [-0.39, 0.29) is 0 Å². The molecule has 20 heavy (non-hydrogen) atoms. The van der Waals surface area contributed by atoms with E-state index >= 15 is 0 Å². The maximum Gasteiger partial charge on any atom is 0.163 e. The van der Waals surface area contributed by atoms with Gasteiger partial charge in [0.25, 0.3) is 0 Å². The summed E-state index contributed by atoms with van der Waals surface area (Å²) in [7, 11) is 0. The Labute approximate surface area is 118 Å². The van der Waals surface area contributed by atoms with E-state index in [0.717, 1.165) is 23.7 Å². The zero-order valence-electron chi connectivity index (χ0n) is 11.5. The van der Waals surface area contributed by atoms with Gasteiger partial charge in [-0.1, -0.05) is 24.3 Å². The summed E-state index contributed by atoms with van der Waals surface area (Å²) in [4.78, 5) is 0. The molecule has 0 atom stereocenters. The molecule has 0 amide bonds. The van der Waals surface area contributed by atoms with Crippen LogP contribution in [0, 0.1) is 6.92 Å². The van der Waals surface area contributed by atoms with Crippen LogP contribution in [0.4, 0.5) is 11.4 Å². The minimum absolute atomic E-state index is 0.572. The van der Waals surface area contributed by atoms with Crippen molar-refractivity contribution in [2.75, 3.05) is 24.3 Å². The highest BCUT2D eigenvalue weighted by molar-refractivity contribution is 5.72. The first-order valence-corrected chi connectivity index (χ1v) is 6.71. The summed E-state index contributed by atoms with van der Waals surface area (Å²) in [5.74, 6) is 1.47. The van der Waals surface area contributed by atoms with E-state index in [1.54, 1.807) is 0 Å². The van der Waals surface area contributed by atoms with E-state index in [1.807, 2.05) is 24.3 Å². The molecule has 0 spiro atoms. The molecule has 0 unspecified atom stereocenters. The Morgan fingerprint density at radius 1 is 1.10 bits per heavy atom. The van der Waals surface area contributed by atoms with Gasteiger partial charge in [0.05, 0.1) is 11.4 Å². The zero-order valence-corrected chi connectivity index (χ0v) is 11.5. The smallest absolute Gasteiger partial charge is 0.163 e. The Balaban J connectivity index is 1.79. The van der Waals surface area contributed by atoms with Crippen LogP contribution in [0.3, 0.4) is 0 Å². The van der Waals surface area contributed by atoms with Gasteiger partial charge in [0.15, 0.2) is 11.5 Å². The summed E-state index contributed by atoms with van der Waals surface area (Å²) >= 11 is 0. The van der Waals surface area contributed by atoms with Crippen LogP contribution in [-0.4, -0.2) is 13.2 Å². The third-order valence-electron chi connectivity index (χ3n) is 3.44. The van der Waals surface area contributed by atoms with Crippen molar-refractivity contribution < 1.29 is 9.47 Å². The molecular weight excluding hydrogens is 252 g/mol. The van der Waals surface area contributed by atoms with E-state index in [1.165, 1.54) is 11.1 Å². The standard InChI is InChI=1S/C16H18N2O2/c1-11-4-2-3-5-12(11)10-18-14-9-16-15(8-13(14)17)19-6-7-20-16/h2-5,8-9,18H,6-7,10,17H2,1H3. The van der Waals surface area contributed by atoms with Gasteiger partial charge in [-0.2, -0.15) is 0 Å². The molecule has 1 aliphatic rings. The van der Waals surface area contributed by atoms with Crippen molar-refractivity contribution >= 4 is 11.4 Å². The number of ether oxygens (including phenoxy) is 2. The summed E-state index contributed by atoms with van der Waals surface area (Å²) in [6.45, 7) is 3.98. The van der Waals surface area contributed by atoms with Crippen LogP contribution in [0.25, 0.3) is 0 Å². The molecule has 0 fully saturated rings. The highest BCUT2D eigenvalue weighted by atomic mass is 16.6. The minimum atomic E-state index is 0.572. The zero-order chi connectivity index (χ0) is 13.9. The summed E-state index contributed by atoms with van der Waals surface area (Å²) in [6, 6.07) is 12.0. The monoisotopic (exact) mass is 270 g/mol. The van der Waals surface area contributed by atoms with Crippen LogP contribution >= 0.6 is 0 Å². The molecule has 0 aromatic heterocycles. The normalized spacial score (nSPS) is 13.1. The number of fused-ring (bicyclic) bond motifs is 1. The van der Waals surface area contributed by atoms with Gasteiger partial charge in [-0.25, -0.2) is 0 Å². The van der Waals surface area contributed by atoms with Gasteiger partial charge in [0.1, 0.15) is 13.2 Å². The first-order valence-electron chi connectivity index (χ1n) is 6.71.